The average molecular weight is 269 g/mol. The van der Waals surface area contributed by atoms with Crippen LogP contribution in [0.15, 0.2) is 0 Å². The Morgan fingerprint density at radius 2 is 2.00 bits per heavy atom. The van der Waals surface area contributed by atoms with Gasteiger partial charge in [-0.15, -0.1) is 0 Å². The van der Waals surface area contributed by atoms with E-state index in [4.69, 9.17) is 4.55 Å². The summed E-state index contributed by atoms with van der Waals surface area (Å²) in [6, 6.07) is 0. The van der Waals surface area contributed by atoms with Gasteiger partial charge in [-0.25, -0.2) is 0 Å². The van der Waals surface area contributed by atoms with Crippen molar-refractivity contribution in [2.75, 3.05) is 5.75 Å². The smallest absolute Gasteiger partial charge is 1.00 e. The maximum absolute atomic E-state index is 10.2. The van der Waals surface area contributed by atoms with Crippen molar-refractivity contribution in [2.24, 2.45) is 0 Å². The molecule has 1 atom stereocenters. The Labute approximate surface area is 106 Å². The first kappa shape index (κ1) is 15.8. The third-order valence-electron chi connectivity index (χ3n) is 1.25. The van der Waals surface area contributed by atoms with E-state index >= 15 is 0 Å². The first-order valence-corrected chi connectivity index (χ1v) is 6.03. The van der Waals surface area contributed by atoms with Crippen LogP contribution in [0.3, 0.4) is 0 Å². The average Bonchev–Trinajstić information content (AvgIpc) is 1.78. The molecule has 0 aliphatic heterocycles. The molecule has 0 aliphatic carbocycles. The molecule has 0 fully saturated rings. The fourth-order valence-electron chi connectivity index (χ4n) is 0.710. The van der Waals surface area contributed by atoms with Gasteiger partial charge in [0.05, 0.1) is 5.75 Å². The Kier molecular flexibility index (Phi) is 10.2. The zero-order valence-electron chi connectivity index (χ0n) is 8.46. The summed E-state index contributed by atoms with van der Waals surface area (Å²) in [4.78, 5) is 0.420. The fraction of sp³-hybridized carbons (Fsp3) is 1.00. The van der Waals surface area contributed by atoms with Crippen LogP contribution in [0.5, 0.6) is 0 Å². The minimum absolute atomic E-state index is 0. The zero-order valence-corrected chi connectivity index (χ0v) is 11.9. The van der Waals surface area contributed by atoms with Crippen LogP contribution in [0.4, 0.5) is 0 Å². The first-order chi connectivity index (χ1) is 4.92. The Bertz CT molecular complexity index is 196. The summed E-state index contributed by atoms with van der Waals surface area (Å²) < 4.78 is 28.8. The van der Waals surface area contributed by atoms with E-state index in [9.17, 15) is 8.42 Å². The molecular formula is C6H14BrNaO3S. The molecule has 12 heavy (non-hydrogen) atoms. The largest absolute Gasteiger partial charge is 1.00 e. The molecule has 1 unspecified atom stereocenters. The normalized spacial score (nSPS) is 13.6. The SMILES string of the molecule is CC(Br)CCCCS(=O)(=O)O.[H-].[Na+]. The van der Waals surface area contributed by atoms with Crippen molar-refractivity contribution in [2.45, 2.75) is 31.0 Å². The monoisotopic (exact) mass is 268 g/mol. The molecule has 0 saturated carbocycles. The van der Waals surface area contributed by atoms with Gasteiger partial charge in [0.1, 0.15) is 0 Å². The summed E-state index contributed by atoms with van der Waals surface area (Å²) in [6.07, 6.45) is 2.30. The molecule has 0 aromatic carbocycles. The molecule has 0 radical (unpaired) electrons. The Balaban J connectivity index is -0.000000500. The van der Waals surface area contributed by atoms with Crippen LogP contribution in [0, 0.1) is 0 Å². The quantitative estimate of drug-likeness (QED) is 0.300. The molecular weight excluding hydrogens is 255 g/mol. The minimum atomic E-state index is -3.74. The van der Waals surface area contributed by atoms with E-state index in [1.165, 1.54) is 0 Å². The number of hydrogen-bond donors (Lipinski definition) is 1. The van der Waals surface area contributed by atoms with Gasteiger partial charge in [-0.2, -0.15) is 8.42 Å². The summed E-state index contributed by atoms with van der Waals surface area (Å²) in [5.41, 5.74) is 0. The maximum Gasteiger partial charge on any atom is 1.00 e. The van der Waals surface area contributed by atoms with Crippen LogP contribution in [-0.2, 0) is 10.1 Å². The Morgan fingerprint density at radius 3 is 2.33 bits per heavy atom. The van der Waals surface area contributed by atoms with Gasteiger partial charge in [0.25, 0.3) is 10.1 Å². The van der Waals surface area contributed by atoms with Gasteiger partial charge in [-0.1, -0.05) is 29.3 Å². The second kappa shape index (κ2) is 7.76. The number of alkyl halides is 1. The topological polar surface area (TPSA) is 54.4 Å². The van der Waals surface area contributed by atoms with Crippen LogP contribution >= 0.6 is 15.9 Å². The maximum atomic E-state index is 10.2. The van der Waals surface area contributed by atoms with Crippen LogP contribution in [-0.4, -0.2) is 23.6 Å². The molecule has 6 heteroatoms. The molecule has 0 rings (SSSR count). The van der Waals surface area contributed by atoms with Crippen molar-refractivity contribution in [3.05, 3.63) is 0 Å². The molecule has 70 valence electrons. The number of unbranched alkanes of at least 4 members (excludes halogenated alkanes) is 1. The van der Waals surface area contributed by atoms with Gasteiger partial charge in [0.15, 0.2) is 0 Å². The molecule has 0 aromatic rings. The van der Waals surface area contributed by atoms with Crippen LogP contribution in [0.1, 0.15) is 27.6 Å². The Hall–Kier alpha value is 1.39. The van der Waals surface area contributed by atoms with E-state index in [1.54, 1.807) is 0 Å². The van der Waals surface area contributed by atoms with Crippen molar-refractivity contribution in [1.82, 2.24) is 0 Å². The van der Waals surface area contributed by atoms with Gasteiger partial charge in [-0.3, -0.25) is 4.55 Å². The molecule has 0 amide bonds. The molecule has 0 spiro atoms. The first-order valence-electron chi connectivity index (χ1n) is 3.51. The molecule has 0 heterocycles. The summed E-state index contributed by atoms with van der Waals surface area (Å²) in [5.74, 6) is -0.118. The summed E-state index contributed by atoms with van der Waals surface area (Å²) in [7, 11) is -3.74. The van der Waals surface area contributed by atoms with Crippen LogP contribution < -0.4 is 29.6 Å². The van der Waals surface area contributed by atoms with Crippen LogP contribution in [0.2, 0.25) is 0 Å². The number of hydrogen-bond acceptors (Lipinski definition) is 2. The summed E-state index contributed by atoms with van der Waals surface area (Å²) in [6.45, 7) is 2.01. The van der Waals surface area contributed by atoms with Gasteiger partial charge >= 0.3 is 29.6 Å². The fourth-order valence-corrected chi connectivity index (χ4v) is 1.60. The number of rotatable bonds is 5. The molecule has 3 nitrogen and oxygen atoms in total. The van der Waals surface area contributed by atoms with E-state index in [-0.39, 0.29) is 36.7 Å². The van der Waals surface area contributed by atoms with E-state index in [1.807, 2.05) is 6.92 Å². The van der Waals surface area contributed by atoms with Crippen LogP contribution in [0.25, 0.3) is 0 Å². The summed E-state index contributed by atoms with van der Waals surface area (Å²) >= 11 is 3.34. The second-order valence-electron chi connectivity index (χ2n) is 2.56. The second-order valence-corrected chi connectivity index (χ2v) is 5.70. The van der Waals surface area contributed by atoms with E-state index < -0.39 is 10.1 Å². The standard InChI is InChI=1S/C6H13BrO3S.Na.H/c1-6(7)4-2-3-5-11(8,9)10;;/h6H,2-5H2,1H3,(H,8,9,10);;/q;+1;-1. The van der Waals surface area contributed by atoms with E-state index in [2.05, 4.69) is 15.9 Å². The van der Waals surface area contributed by atoms with Gasteiger partial charge < -0.3 is 1.43 Å². The zero-order chi connectivity index (χ0) is 8.91. The van der Waals surface area contributed by atoms with Crippen molar-refractivity contribution in [3.8, 4) is 0 Å². The Morgan fingerprint density at radius 1 is 1.50 bits per heavy atom. The van der Waals surface area contributed by atoms with E-state index in [0.717, 1.165) is 12.8 Å². The number of halogens is 1. The predicted octanol–water partition coefficient (Wildman–Crippen LogP) is -1.06. The van der Waals surface area contributed by atoms with Gasteiger partial charge in [0.2, 0.25) is 0 Å². The molecule has 0 bridgehead atoms. The molecule has 0 saturated heterocycles. The molecule has 1 N–H and O–H groups in total. The third-order valence-corrected chi connectivity index (χ3v) is 2.52. The summed E-state index contributed by atoms with van der Waals surface area (Å²) in [5, 5.41) is 0. The van der Waals surface area contributed by atoms with E-state index in [0.29, 0.717) is 11.2 Å². The third kappa shape index (κ3) is 13.9. The van der Waals surface area contributed by atoms with Crippen molar-refractivity contribution < 1.29 is 44.0 Å². The molecule has 0 aromatic heterocycles. The predicted molar refractivity (Wildman–Crippen MR) is 49.8 cm³/mol. The van der Waals surface area contributed by atoms with Crippen molar-refractivity contribution >= 4 is 26.0 Å². The van der Waals surface area contributed by atoms with Crippen molar-refractivity contribution in [3.63, 3.8) is 0 Å². The van der Waals surface area contributed by atoms with Crippen molar-refractivity contribution in [1.29, 1.82) is 0 Å². The van der Waals surface area contributed by atoms with Gasteiger partial charge in [-0.05, 0) is 12.8 Å². The minimum Gasteiger partial charge on any atom is -1.00 e. The van der Waals surface area contributed by atoms with Gasteiger partial charge in [0, 0.05) is 4.83 Å². The molecule has 0 aliphatic rings.